The van der Waals surface area contributed by atoms with E-state index in [1.165, 1.54) is 11.3 Å². The van der Waals surface area contributed by atoms with Crippen molar-refractivity contribution in [3.05, 3.63) is 77.3 Å². The highest BCUT2D eigenvalue weighted by Gasteiger charge is 2.13. The fraction of sp³-hybridized carbons (Fsp3) is 0.174. The van der Waals surface area contributed by atoms with Crippen molar-refractivity contribution in [1.82, 2.24) is 9.97 Å². The van der Waals surface area contributed by atoms with Crippen LogP contribution < -0.4 is 14.8 Å². The second-order valence-corrected chi connectivity index (χ2v) is 7.65. The average Bonchev–Trinajstić information content (AvgIpc) is 3.42. The van der Waals surface area contributed by atoms with Crippen molar-refractivity contribution in [1.29, 1.82) is 0 Å². The second kappa shape index (κ2) is 9.44. The summed E-state index contributed by atoms with van der Waals surface area (Å²) in [6, 6.07) is 12.8. The molecule has 0 unspecified atom stereocenters. The van der Waals surface area contributed by atoms with Gasteiger partial charge < -0.3 is 19.2 Å². The van der Waals surface area contributed by atoms with Gasteiger partial charge in [-0.2, -0.15) is 0 Å². The third-order valence-corrected chi connectivity index (χ3v) is 5.31. The average molecular weight is 436 g/mol. The number of carbonyl (C=O) groups is 1. The molecule has 4 aromatic rings. The summed E-state index contributed by atoms with van der Waals surface area (Å²) in [5.41, 5.74) is 2.24. The van der Waals surface area contributed by atoms with Gasteiger partial charge >= 0.3 is 0 Å². The number of thiazole rings is 1. The van der Waals surface area contributed by atoms with Gasteiger partial charge in [0, 0.05) is 35.1 Å². The Morgan fingerprint density at radius 3 is 2.84 bits per heavy atom. The highest BCUT2D eigenvalue weighted by molar-refractivity contribution is 7.13. The maximum absolute atomic E-state index is 12.5. The van der Waals surface area contributed by atoms with Crippen molar-refractivity contribution in [2.24, 2.45) is 0 Å². The Morgan fingerprint density at radius 2 is 2.10 bits per heavy atom. The number of nitrogens with zero attached hydrogens (tertiary/aromatic N) is 2. The summed E-state index contributed by atoms with van der Waals surface area (Å²) in [7, 11) is 1.57. The molecular weight excluding hydrogens is 414 g/mol. The zero-order valence-electron chi connectivity index (χ0n) is 17.1. The summed E-state index contributed by atoms with van der Waals surface area (Å²) in [5, 5.41) is 5.51. The smallest absolute Gasteiger partial charge is 0.230 e. The summed E-state index contributed by atoms with van der Waals surface area (Å²) < 4.78 is 16.8. The third kappa shape index (κ3) is 5.29. The highest BCUT2D eigenvalue weighted by Crippen LogP contribution is 2.31. The first kappa shape index (κ1) is 20.6. The van der Waals surface area contributed by atoms with E-state index in [-0.39, 0.29) is 12.3 Å². The van der Waals surface area contributed by atoms with E-state index in [0.29, 0.717) is 35.2 Å². The normalized spacial score (nSPS) is 10.6. The van der Waals surface area contributed by atoms with Crippen molar-refractivity contribution in [2.75, 3.05) is 12.4 Å². The van der Waals surface area contributed by atoms with Gasteiger partial charge in [-0.05, 0) is 37.3 Å². The molecule has 3 aromatic heterocycles. The van der Waals surface area contributed by atoms with Crippen LogP contribution in [0.4, 0.5) is 5.69 Å². The molecule has 4 rings (SSSR count). The van der Waals surface area contributed by atoms with Crippen LogP contribution in [0.3, 0.4) is 0 Å². The van der Waals surface area contributed by atoms with Gasteiger partial charge in [-0.25, -0.2) is 4.98 Å². The SMILES string of the molecule is COc1ccc(NC(=O)Cc2csc(-c3ccc(C)o3)n2)cc1OCc1cccnc1. The molecule has 8 heteroatoms. The summed E-state index contributed by atoms with van der Waals surface area (Å²) in [6.45, 7) is 2.23. The molecule has 0 radical (unpaired) electrons. The van der Waals surface area contributed by atoms with Gasteiger partial charge in [-0.3, -0.25) is 9.78 Å². The van der Waals surface area contributed by atoms with Crippen molar-refractivity contribution >= 4 is 22.9 Å². The molecule has 0 spiro atoms. The Kier molecular flexibility index (Phi) is 6.28. The number of benzene rings is 1. The first-order valence-corrected chi connectivity index (χ1v) is 10.5. The summed E-state index contributed by atoms with van der Waals surface area (Å²) in [6.07, 6.45) is 3.61. The van der Waals surface area contributed by atoms with Crippen LogP contribution in [0.25, 0.3) is 10.8 Å². The molecule has 3 heterocycles. The number of furan rings is 1. The zero-order chi connectivity index (χ0) is 21.6. The van der Waals surface area contributed by atoms with Gasteiger partial charge in [0.2, 0.25) is 5.91 Å². The summed E-state index contributed by atoms with van der Waals surface area (Å²) in [4.78, 5) is 21.1. The lowest BCUT2D eigenvalue weighted by Gasteiger charge is -2.13. The van der Waals surface area contributed by atoms with E-state index in [9.17, 15) is 4.79 Å². The Labute approximate surface area is 183 Å². The number of amides is 1. The third-order valence-electron chi connectivity index (χ3n) is 4.41. The Morgan fingerprint density at radius 1 is 1.19 bits per heavy atom. The van der Waals surface area contributed by atoms with E-state index in [0.717, 1.165) is 16.3 Å². The first-order valence-electron chi connectivity index (χ1n) is 9.61. The molecule has 0 aliphatic heterocycles. The molecule has 158 valence electrons. The predicted molar refractivity (Wildman–Crippen MR) is 118 cm³/mol. The molecule has 0 aliphatic carbocycles. The number of aromatic nitrogens is 2. The van der Waals surface area contributed by atoms with Crippen LogP contribution >= 0.6 is 11.3 Å². The summed E-state index contributed by atoms with van der Waals surface area (Å²) in [5.74, 6) is 2.48. The van der Waals surface area contributed by atoms with Crippen molar-refractivity contribution < 1.29 is 18.7 Å². The van der Waals surface area contributed by atoms with Crippen LogP contribution in [0, 0.1) is 6.92 Å². The minimum absolute atomic E-state index is 0.161. The monoisotopic (exact) mass is 435 g/mol. The number of hydrogen-bond acceptors (Lipinski definition) is 7. The molecule has 0 saturated heterocycles. The van der Waals surface area contributed by atoms with Gasteiger partial charge in [0.15, 0.2) is 22.3 Å². The molecule has 1 N–H and O–H groups in total. The first-order chi connectivity index (χ1) is 15.1. The van der Waals surface area contributed by atoms with Crippen LogP contribution in [-0.4, -0.2) is 23.0 Å². The number of aryl methyl sites for hydroxylation is 1. The van der Waals surface area contributed by atoms with Crippen molar-refractivity contribution in [2.45, 2.75) is 20.0 Å². The lowest BCUT2D eigenvalue weighted by atomic mass is 10.2. The number of anilines is 1. The Hall–Kier alpha value is -3.65. The topological polar surface area (TPSA) is 86.5 Å². The molecule has 7 nitrogen and oxygen atoms in total. The molecule has 0 fully saturated rings. The quantitative estimate of drug-likeness (QED) is 0.425. The predicted octanol–water partition coefficient (Wildman–Crippen LogP) is 4.88. The Bertz CT molecular complexity index is 1170. The number of methoxy groups -OCH3 is 1. The fourth-order valence-corrected chi connectivity index (χ4v) is 3.71. The van der Waals surface area contributed by atoms with Crippen molar-refractivity contribution in [3.63, 3.8) is 0 Å². The number of ether oxygens (including phenoxy) is 2. The molecule has 1 amide bonds. The van der Waals surface area contributed by atoms with E-state index in [1.54, 1.807) is 37.7 Å². The number of carbonyl (C=O) groups excluding carboxylic acids is 1. The number of nitrogens with one attached hydrogen (secondary N) is 1. The van der Waals surface area contributed by atoms with Gasteiger partial charge in [0.05, 0.1) is 19.2 Å². The van der Waals surface area contributed by atoms with Crippen LogP contribution in [0.1, 0.15) is 17.0 Å². The van der Waals surface area contributed by atoms with Crippen LogP contribution in [0.2, 0.25) is 0 Å². The summed E-state index contributed by atoms with van der Waals surface area (Å²) >= 11 is 1.45. The van der Waals surface area contributed by atoms with Gasteiger partial charge in [-0.1, -0.05) is 6.07 Å². The lowest BCUT2D eigenvalue weighted by molar-refractivity contribution is -0.115. The number of rotatable bonds is 8. The largest absolute Gasteiger partial charge is 0.493 e. The zero-order valence-corrected chi connectivity index (χ0v) is 17.9. The highest BCUT2D eigenvalue weighted by atomic mass is 32.1. The van der Waals surface area contributed by atoms with Gasteiger partial charge in [0.1, 0.15) is 12.4 Å². The second-order valence-electron chi connectivity index (χ2n) is 6.79. The van der Waals surface area contributed by atoms with E-state index in [2.05, 4.69) is 15.3 Å². The minimum Gasteiger partial charge on any atom is -0.493 e. The molecule has 0 saturated carbocycles. The van der Waals surface area contributed by atoms with E-state index < -0.39 is 0 Å². The molecular formula is C23H21N3O4S. The van der Waals surface area contributed by atoms with Gasteiger partial charge in [0.25, 0.3) is 0 Å². The maximum atomic E-state index is 12.5. The molecule has 0 bridgehead atoms. The van der Waals surface area contributed by atoms with E-state index in [1.807, 2.05) is 36.6 Å². The van der Waals surface area contributed by atoms with Crippen LogP contribution in [-0.2, 0) is 17.8 Å². The number of hydrogen-bond donors (Lipinski definition) is 1. The molecule has 1 aromatic carbocycles. The van der Waals surface area contributed by atoms with Gasteiger partial charge in [-0.15, -0.1) is 11.3 Å². The number of pyridine rings is 1. The van der Waals surface area contributed by atoms with Crippen LogP contribution in [0.5, 0.6) is 11.5 Å². The van der Waals surface area contributed by atoms with E-state index in [4.69, 9.17) is 13.9 Å². The molecule has 0 atom stereocenters. The minimum atomic E-state index is -0.171. The lowest BCUT2D eigenvalue weighted by Crippen LogP contribution is -2.14. The van der Waals surface area contributed by atoms with Crippen LogP contribution in [0.15, 0.2) is 64.7 Å². The molecule has 31 heavy (non-hydrogen) atoms. The fourth-order valence-electron chi connectivity index (χ4n) is 2.93. The molecule has 0 aliphatic rings. The standard InChI is InChI=1S/C23H21N3O4S/c1-15-5-7-20(30-15)23-26-18(14-31-23)11-22(27)25-17-6-8-19(28-2)21(10-17)29-13-16-4-3-9-24-12-16/h3-10,12,14H,11,13H2,1-2H3,(H,25,27). The van der Waals surface area contributed by atoms with E-state index >= 15 is 0 Å². The Balaban J connectivity index is 1.40. The van der Waals surface area contributed by atoms with Crippen molar-refractivity contribution in [3.8, 4) is 22.3 Å². The maximum Gasteiger partial charge on any atom is 0.230 e.